The van der Waals surface area contributed by atoms with Crippen LogP contribution in [0.1, 0.15) is 12.0 Å². The van der Waals surface area contributed by atoms with E-state index in [1.807, 2.05) is 0 Å². The highest BCUT2D eigenvalue weighted by molar-refractivity contribution is 6.31. The molecule has 16 heavy (non-hydrogen) atoms. The number of aromatic amines is 1. The van der Waals surface area contributed by atoms with Crippen LogP contribution in [0.5, 0.6) is 5.88 Å². The Morgan fingerprint density at radius 1 is 1.38 bits per heavy atom. The van der Waals surface area contributed by atoms with Gasteiger partial charge in [0.25, 0.3) is 12.0 Å². The highest BCUT2D eigenvalue weighted by Crippen LogP contribution is 2.34. The number of aromatic nitrogens is 1. The molecule has 90 valence electrons. The minimum atomic E-state index is -5.20. The van der Waals surface area contributed by atoms with Crippen LogP contribution in [0.4, 0.5) is 22.0 Å². The molecule has 1 aromatic rings. The van der Waals surface area contributed by atoms with E-state index >= 15 is 0 Å². The molecule has 1 rings (SSSR count). The molecule has 0 saturated heterocycles. The SMILES string of the molecule is O=c1cc(Cl)c(C(F)F)c(OC(F)(F)F)[nH]1. The van der Waals surface area contributed by atoms with Gasteiger partial charge in [-0.25, -0.2) is 8.78 Å². The number of pyridine rings is 1. The summed E-state index contributed by atoms with van der Waals surface area (Å²) < 4.78 is 63.4. The summed E-state index contributed by atoms with van der Waals surface area (Å²) in [5.41, 5.74) is -2.28. The molecule has 0 aliphatic heterocycles. The van der Waals surface area contributed by atoms with Crippen LogP contribution in [0.3, 0.4) is 0 Å². The van der Waals surface area contributed by atoms with Crippen LogP contribution < -0.4 is 10.3 Å². The molecule has 1 aromatic heterocycles. The molecule has 9 heteroatoms. The highest BCUT2D eigenvalue weighted by atomic mass is 35.5. The molecule has 1 heterocycles. The lowest BCUT2D eigenvalue weighted by Gasteiger charge is -2.12. The second-order valence-electron chi connectivity index (χ2n) is 2.57. The summed E-state index contributed by atoms with van der Waals surface area (Å²) in [7, 11) is 0. The van der Waals surface area contributed by atoms with Crippen LogP contribution >= 0.6 is 11.6 Å². The van der Waals surface area contributed by atoms with E-state index in [0.29, 0.717) is 6.07 Å². The molecule has 1 N–H and O–H groups in total. The summed E-state index contributed by atoms with van der Waals surface area (Å²) in [5, 5.41) is -0.794. The molecule has 0 spiro atoms. The molecule has 0 aliphatic rings. The predicted molar refractivity (Wildman–Crippen MR) is 43.7 cm³/mol. The largest absolute Gasteiger partial charge is 0.574 e. The number of rotatable bonds is 2. The maximum atomic E-state index is 12.3. The molecular weight excluding hydrogens is 261 g/mol. The van der Waals surface area contributed by atoms with Crippen LogP contribution in [0.25, 0.3) is 0 Å². The summed E-state index contributed by atoms with van der Waals surface area (Å²) >= 11 is 5.21. The second-order valence-corrected chi connectivity index (χ2v) is 2.98. The van der Waals surface area contributed by atoms with E-state index in [2.05, 4.69) is 4.74 Å². The number of H-pyrrole nitrogens is 1. The van der Waals surface area contributed by atoms with Gasteiger partial charge < -0.3 is 4.74 Å². The number of ether oxygens (including phenoxy) is 1. The Morgan fingerprint density at radius 2 is 1.94 bits per heavy atom. The first kappa shape index (κ1) is 12.8. The van der Waals surface area contributed by atoms with Gasteiger partial charge in [0.15, 0.2) is 0 Å². The third-order valence-corrected chi connectivity index (χ3v) is 1.75. The van der Waals surface area contributed by atoms with E-state index < -0.39 is 34.8 Å². The molecule has 0 amide bonds. The molecule has 0 saturated carbocycles. The summed E-state index contributed by atoms with van der Waals surface area (Å²) in [4.78, 5) is 12.2. The standard InChI is InChI=1S/C7H3ClF5NO2/c8-2-1-3(15)14-6(4(2)5(9)10)16-7(11,12)13/h1,5H,(H,14,15). The zero-order valence-corrected chi connectivity index (χ0v) is 7.99. The van der Waals surface area contributed by atoms with Crippen LogP contribution in [0.15, 0.2) is 10.9 Å². The van der Waals surface area contributed by atoms with Crippen molar-refractivity contribution in [3.8, 4) is 5.88 Å². The van der Waals surface area contributed by atoms with Gasteiger partial charge in [-0.05, 0) is 0 Å². The van der Waals surface area contributed by atoms with Gasteiger partial charge in [0.2, 0.25) is 5.88 Å². The summed E-state index contributed by atoms with van der Waals surface area (Å²) in [6.45, 7) is 0. The number of hydrogen-bond acceptors (Lipinski definition) is 2. The Labute approximate surface area is 89.8 Å². The molecule has 0 radical (unpaired) electrons. The van der Waals surface area contributed by atoms with Crippen molar-refractivity contribution in [2.24, 2.45) is 0 Å². The molecule has 0 bridgehead atoms. The van der Waals surface area contributed by atoms with Crippen LogP contribution in [-0.4, -0.2) is 11.3 Å². The third-order valence-electron chi connectivity index (χ3n) is 1.43. The molecular formula is C7H3ClF5NO2. The molecule has 3 nitrogen and oxygen atoms in total. The van der Waals surface area contributed by atoms with Gasteiger partial charge in [0, 0.05) is 6.07 Å². The van der Waals surface area contributed by atoms with E-state index in [0.717, 1.165) is 0 Å². The maximum absolute atomic E-state index is 12.3. The molecule has 0 unspecified atom stereocenters. The fourth-order valence-corrected chi connectivity index (χ4v) is 1.18. The van der Waals surface area contributed by atoms with Gasteiger partial charge >= 0.3 is 6.36 Å². The highest BCUT2D eigenvalue weighted by Gasteiger charge is 2.34. The fraction of sp³-hybridized carbons (Fsp3) is 0.286. The molecule has 0 aliphatic carbocycles. The Balaban J connectivity index is 3.30. The number of hydrogen-bond donors (Lipinski definition) is 1. The number of alkyl halides is 5. The van der Waals surface area contributed by atoms with Crippen molar-refractivity contribution in [2.75, 3.05) is 0 Å². The lowest BCUT2D eigenvalue weighted by atomic mass is 10.3. The van der Waals surface area contributed by atoms with E-state index in [1.165, 1.54) is 4.98 Å². The Hall–Kier alpha value is -1.31. The van der Waals surface area contributed by atoms with Crippen molar-refractivity contribution in [1.29, 1.82) is 0 Å². The van der Waals surface area contributed by atoms with Crippen molar-refractivity contribution in [3.63, 3.8) is 0 Å². The van der Waals surface area contributed by atoms with E-state index in [-0.39, 0.29) is 0 Å². The van der Waals surface area contributed by atoms with Crippen LogP contribution in [0, 0.1) is 0 Å². The van der Waals surface area contributed by atoms with Crippen molar-refractivity contribution >= 4 is 11.6 Å². The lowest BCUT2D eigenvalue weighted by molar-refractivity contribution is -0.276. The minimum absolute atomic E-state index is 0.534. The quantitative estimate of drug-likeness (QED) is 0.834. The second kappa shape index (κ2) is 4.28. The van der Waals surface area contributed by atoms with E-state index in [1.54, 1.807) is 0 Å². The van der Waals surface area contributed by atoms with Crippen molar-refractivity contribution in [3.05, 3.63) is 27.0 Å². The van der Waals surface area contributed by atoms with Crippen LogP contribution in [-0.2, 0) is 0 Å². The first-order chi connectivity index (χ1) is 7.20. The Bertz CT molecular complexity index is 441. The fourth-order valence-electron chi connectivity index (χ4n) is 0.916. The van der Waals surface area contributed by atoms with Crippen LogP contribution in [0.2, 0.25) is 5.02 Å². The van der Waals surface area contributed by atoms with Gasteiger partial charge in [-0.3, -0.25) is 9.78 Å². The average Bonchev–Trinajstić information content (AvgIpc) is 1.96. The zero-order chi connectivity index (χ0) is 12.5. The van der Waals surface area contributed by atoms with Gasteiger partial charge in [-0.2, -0.15) is 0 Å². The monoisotopic (exact) mass is 263 g/mol. The summed E-state index contributed by atoms with van der Waals surface area (Å²) in [6.07, 6.45) is -8.50. The van der Waals surface area contributed by atoms with Gasteiger partial charge in [0.05, 0.1) is 10.6 Å². The van der Waals surface area contributed by atoms with Crippen molar-refractivity contribution in [2.45, 2.75) is 12.8 Å². The predicted octanol–water partition coefficient (Wildman–Crippen LogP) is 2.86. The molecule has 0 fully saturated rings. The summed E-state index contributed by atoms with van der Waals surface area (Å²) in [6, 6.07) is 0.534. The first-order valence-corrected chi connectivity index (χ1v) is 4.05. The molecule has 0 aromatic carbocycles. The number of halogens is 6. The summed E-state index contributed by atoms with van der Waals surface area (Å²) in [5.74, 6) is -1.40. The maximum Gasteiger partial charge on any atom is 0.574 e. The topological polar surface area (TPSA) is 42.1 Å². The van der Waals surface area contributed by atoms with Crippen molar-refractivity contribution in [1.82, 2.24) is 4.98 Å². The number of nitrogens with one attached hydrogen (secondary N) is 1. The average molecular weight is 264 g/mol. The van der Waals surface area contributed by atoms with Gasteiger partial charge in [0.1, 0.15) is 0 Å². The lowest BCUT2D eigenvalue weighted by Crippen LogP contribution is -2.21. The van der Waals surface area contributed by atoms with Crippen molar-refractivity contribution < 1.29 is 26.7 Å². The van der Waals surface area contributed by atoms with Gasteiger partial charge in [-0.15, -0.1) is 13.2 Å². The van der Waals surface area contributed by atoms with E-state index in [9.17, 15) is 26.7 Å². The minimum Gasteiger partial charge on any atom is -0.389 e. The first-order valence-electron chi connectivity index (χ1n) is 3.67. The Morgan fingerprint density at radius 3 is 2.38 bits per heavy atom. The van der Waals surface area contributed by atoms with Gasteiger partial charge in [-0.1, -0.05) is 11.6 Å². The van der Waals surface area contributed by atoms with E-state index in [4.69, 9.17) is 11.6 Å². The molecule has 0 atom stereocenters. The normalized spacial score (nSPS) is 11.9. The smallest absolute Gasteiger partial charge is 0.389 e. The zero-order valence-electron chi connectivity index (χ0n) is 7.24. The third kappa shape index (κ3) is 3.09. The Kier molecular flexibility index (Phi) is 3.41.